The van der Waals surface area contributed by atoms with Crippen LogP contribution in [0.5, 0.6) is 0 Å². The summed E-state index contributed by atoms with van der Waals surface area (Å²) in [6, 6.07) is 9.69. The molecule has 0 aliphatic carbocycles. The Kier molecular flexibility index (Phi) is 21.7. The first kappa shape index (κ1) is 44.9. The van der Waals surface area contributed by atoms with Gasteiger partial charge in [0.15, 0.2) is 5.72 Å². The van der Waals surface area contributed by atoms with Gasteiger partial charge in [0, 0.05) is 12.2 Å². The molecule has 1 fully saturated rings. The van der Waals surface area contributed by atoms with Crippen molar-refractivity contribution < 1.29 is 37.1 Å². The van der Waals surface area contributed by atoms with Crippen molar-refractivity contribution in [1.29, 1.82) is 5.41 Å². The predicted octanol–water partition coefficient (Wildman–Crippen LogP) is 8.75. The van der Waals surface area contributed by atoms with Gasteiger partial charge in [-0.1, -0.05) is 121 Å². The van der Waals surface area contributed by atoms with Gasteiger partial charge in [0.25, 0.3) is 0 Å². The number of H-pyrrole nitrogens is 1. The zero-order chi connectivity index (χ0) is 38.2. The number of halogens is 1. The first-order chi connectivity index (χ1) is 25.7. The van der Waals surface area contributed by atoms with E-state index >= 15 is 0 Å². The Hall–Kier alpha value is -2.48. The monoisotopic (exact) mass is 765 g/mol. The highest BCUT2D eigenvalue weighted by atomic mass is 31.2. The van der Waals surface area contributed by atoms with E-state index in [1.807, 2.05) is 0 Å². The van der Waals surface area contributed by atoms with Gasteiger partial charge in [-0.25, -0.2) is 13.9 Å². The molecule has 2 heterocycles. The number of hydrogen-bond donors (Lipinski definition) is 5. The summed E-state index contributed by atoms with van der Waals surface area (Å²) in [5, 5.41) is 7.09. The maximum atomic E-state index is 14.2. The van der Waals surface area contributed by atoms with Gasteiger partial charge >= 0.3 is 7.82 Å². The SMILES string of the molecule is CCCCCCCCCCCCCCCCCCOC[C@H](COP(=O)(O)OC[C@@H]1CC[C@](N)(c2ccc(C(N)=NC=N)[nH]2)O1)OCc1ccccc1F. The quantitative estimate of drug-likeness (QED) is 0.0216. The Morgan fingerprint density at radius 1 is 1.00 bits per heavy atom. The second-order valence-corrected chi connectivity index (χ2v) is 15.5. The van der Waals surface area contributed by atoms with Crippen molar-refractivity contribution in [3.8, 4) is 0 Å². The van der Waals surface area contributed by atoms with Gasteiger partial charge in [0.1, 0.15) is 24.1 Å². The topological polar surface area (TPSA) is 187 Å². The maximum absolute atomic E-state index is 14.2. The fraction of sp³-hybridized carbons (Fsp3) is 0.692. The highest BCUT2D eigenvalue weighted by Gasteiger charge is 2.40. The van der Waals surface area contributed by atoms with Crippen LogP contribution in [0.15, 0.2) is 41.4 Å². The van der Waals surface area contributed by atoms with Gasteiger partial charge in [-0.15, -0.1) is 0 Å². The first-order valence-corrected chi connectivity index (χ1v) is 21.2. The molecule has 0 saturated carbocycles. The van der Waals surface area contributed by atoms with Crippen LogP contribution in [0.3, 0.4) is 0 Å². The Morgan fingerprint density at radius 3 is 2.25 bits per heavy atom. The standard InChI is InChI=1S/C39H65FN5O7P/c1-2-3-4-5-6-7-8-9-10-11-12-13-14-15-16-19-26-48-28-34(49-27-32-20-17-18-21-35(32)40)30-51-53(46,47)50-29-33-24-25-39(43,52-33)37-23-22-36(45-37)38(42)44-31-41/h17-18,20-23,31,33-34,45H,2-16,19,24-30,43H2,1H3,(H,46,47)(H3,41,42,44)/t33-,34+,39+/m0/s1. The fourth-order valence-electron chi connectivity index (χ4n) is 6.36. The van der Waals surface area contributed by atoms with Crippen molar-refractivity contribution in [2.24, 2.45) is 16.5 Å². The molecule has 4 atom stereocenters. The zero-order valence-corrected chi connectivity index (χ0v) is 32.7. The van der Waals surface area contributed by atoms with E-state index in [2.05, 4.69) is 16.9 Å². The number of phosphoric acid groups is 1. The molecule has 14 heteroatoms. The Bertz CT molecular complexity index is 1380. The lowest BCUT2D eigenvalue weighted by Gasteiger charge is -2.24. The summed E-state index contributed by atoms with van der Waals surface area (Å²) in [7, 11) is -4.50. The van der Waals surface area contributed by atoms with E-state index in [1.54, 1.807) is 30.3 Å². The molecule has 1 unspecified atom stereocenters. The van der Waals surface area contributed by atoms with Crippen LogP contribution in [0.25, 0.3) is 0 Å². The Balaban J connectivity index is 1.32. The number of nitrogens with two attached hydrogens (primary N) is 2. The van der Waals surface area contributed by atoms with Crippen molar-refractivity contribution in [1.82, 2.24) is 4.98 Å². The molecule has 2 aromatic rings. The number of rotatable bonds is 31. The summed E-state index contributed by atoms with van der Waals surface area (Å²) in [4.78, 5) is 17.3. The van der Waals surface area contributed by atoms with Crippen LogP contribution in [0.4, 0.5) is 4.39 Å². The van der Waals surface area contributed by atoms with Gasteiger partial charge in [-0.2, -0.15) is 0 Å². The van der Waals surface area contributed by atoms with Crippen LogP contribution < -0.4 is 11.5 Å². The van der Waals surface area contributed by atoms with E-state index in [9.17, 15) is 13.8 Å². The minimum atomic E-state index is -4.50. The molecule has 0 spiro atoms. The molecule has 1 saturated heterocycles. The number of aromatic amines is 1. The number of aromatic nitrogens is 1. The summed E-state index contributed by atoms with van der Waals surface area (Å²) in [6.07, 6.45) is 21.1. The lowest BCUT2D eigenvalue weighted by atomic mass is 10.0. The zero-order valence-electron chi connectivity index (χ0n) is 31.8. The molecule has 0 bridgehead atoms. The van der Waals surface area contributed by atoms with Gasteiger partial charge in [-0.3, -0.25) is 20.2 Å². The molecule has 0 amide bonds. The number of amidine groups is 1. The molecule has 1 aliphatic rings. The molecule has 3 rings (SSSR count). The number of hydrogen-bond acceptors (Lipinski definition) is 8. The van der Waals surface area contributed by atoms with Gasteiger partial charge in [0.2, 0.25) is 0 Å². The first-order valence-electron chi connectivity index (χ1n) is 19.7. The number of benzene rings is 1. The van der Waals surface area contributed by atoms with Crippen molar-refractivity contribution in [3.05, 3.63) is 59.2 Å². The number of nitrogens with one attached hydrogen (secondary N) is 2. The van der Waals surface area contributed by atoms with E-state index in [0.29, 0.717) is 36.4 Å². The van der Waals surface area contributed by atoms with Gasteiger partial charge < -0.3 is 29.8 Å². The van der Waals surface area contributed by atoms with Crippen LogP contribution in [-0.4, -0.2) is 60.7 Å². The summed E-state index contributed by atoms with van der Waals surface area (Å²) < 4.78 is 55.4. The second kappa shape index (κ2) is 25.6. The minimum absolute atomic E-state index is 0.0481. The third-order valence-corrected chi connectivity index (χ3v) is 10.5. The highest BCUT2D eigenvalue weighted by Crippen LogP contribution is 2.45. The number of unbranched alkanes of at least 4 members (excludes halogenated alkanes) is 15. The van der Waals surface area contributed by atoms with E-state index in [1.165, 1.54) is 96.0 Å². The smallest absolute Gasteiger partial charge is 0.382 e. The molecule has 53 heavy (non-hydrogen) atoms. The van der Waals surface area contributed by atoms with Crippen LogP contribution in [-0.2, 0) is 40.2 Å². The predicted molar refractivity (Wildman–Crippen MR) is 207 cm³/mol. The summed E-state index contributed by atoms with van der Waals surface area (Å²) in [6.45, 7) is 2.33. The largest absolute Gasteiger partial charge is 0.472 e. The molecule has 1 aliphatic heterocycles. The molecular weight excluding hydrogens is 700 g/mol. The minimum Gasteiger partial charge on any atom is -0.382 e. The average molecular weight is 766 g/mol. The van der Waals surface area contributed by atoms with Gasteiger partial charge in [-0.05, 0) is 37.5 Å². The number of phosphoric ester groups is 1. The van der Waals surface area contributed by atoms with E-state index < -0.39 is 31.6 Å². The summed E-state index contributed by atoms with van der Waals surface area (Å²) >= 11 is 0. The van der Waals surface area contributed by atoms with Crippen LogP contribution in [0.1, 0.15) is 139 Å². The van der Waals surface area contributed by atoms with Crippen molar-refractivity contribution in [2.75, 3.05) is 26.4 Å². The summed E-state index contributed by atoms with van der Waals surface area (Å²) in [5.41, 5.74) is 12.5. The van der Waals surface area contributed by atoms with E-state index in [0.717, 1.165) is 19.2 Å². The lowest BCUT2D eigenvalue weighted by Crippen LogP contribution is -2.37. The number of ether oxygens (including phenoxy) is 3. The van der Waals surface area contributed by atoms with E-state index in [4.69, 9.17) is 40.1 Å². The molecule has 1 aromatic heterocycles. The third-order valence-electron chi connectivity index (χ3n) is 9.56. The number of aliphatic imine (C=N–C) groups is 1. The summed E-state index contributed by atoms with van der Waals surface area (Å²) in [5.74, 6) is -0.267. The van der Waals surface area contributed by atoms with Gasteiger partial charge in [0.05, 0.1) is 43.9 Å². The van der Waals surface area contributed by atoms with E-state index in [-0.39, 0.29) is 32.3 Å². The van der Waals surface area contributed by atoms with Crippen molar-refractivity contribution in [3.63, 3.8) is 0 Å². The third kappa shape index (κ3) is 18.1. The Labute approximate surface area is 316 Å². The fourth-order valence-corrected chi connectivity index (χ4v) is 7.15. The molecule has 1 aromatic carbocycles. The average Bonchev–Trinajstić information content (AvgIpc) is 3.80. The van der Waals surface area contributed by atoms with Crippen LogP contribution >= 0.6 is 7.82 Å². The van der Waals surface area contributed by atoms with Crippen molar-refractivity contribution in [2.45, 2.75) is 147 Å². The lowest BCUT2D eigenvalue weighted by molar-refractivity contribution is -0.0678. The molecule has 300 valence electrons. The normalized spacial score (nSPS) is 19.4. The number of nitrogens with zero attached hydrogens (tertiary/aromatic N) is 1. The molecule has 12 nitrogen and oxygen atoms in total. The maximum Gasteiger partial charge on any atom is 0.472 e. The van der Waals surface area contributed by atoms with Crippen LogP contribution in [0.2, 0.25) is 0 Å². The molecular formula is C39H65FN5O7P. The second-order valence-electron chi connectivity index (χ2n) is 14.1. The Morgan fingerprint density at radius 2 is 1.62 bits per heavy atom. The van der Waals surface area contributed by atoms with Crippen LogP contribution in [0, 0.1) is 11.2 Å². The molecule has 0 radical (unpaired) electrons. The molecule has 7 N–H and O–H groups in total. The van der Waals surface area contributed by atoms with Crippen molar-refractivity contribution >= 4 is 20.0 Å². The highest BCUT2D eigenvalue weighted by molar-refractivity contribution is 7.47.